The molecule has 0 radical (unpaired) electrons. The van der Waals surface area contributed by atoms with Crippen molar-refractivity contribution in [3.63, 3.8) is 0 Å². The molecule has 4 rings (SSSR count). The number of ether oxygens (including phenoxy) is 1. The van der Waals surface area contributed by atoms with E-state index in [1.54, 1.807) is 25.1 Å². The van der Waals surface area contributed by atoms with Crippen molar-refractivity contribution in [2.24, 2.45) is 5.92 Å². The summed E-state index contributed by atoms with van der Waals surface area (Å²) in [6.45, 7) is 8.53. The molecule has 1 aliphatic carbocycles. The second-order valence-electron chi connectivity index (χ2n) is 8.45. The van der Waals surface area contributed by atoms with Gasteiger partial charge in [0.1, 0.15) is 5.00 Å². The van der Waals surface area contributed by atoms with E-state index in [9.17, 15) is 9.59 Å². The topological polar surface area (TPSA) is 86.1 Å². The normalized spacial score (nSPS) is 14.8. The quantitative estimate of drug-likeness (QED) is 0.180. The average molecular weight is 566 g/mol. The van der Waals surface area contributed by atoms with Gasteiger partial charge in [-0.05, 0) is 55.9 Å². The molecule has 1 aliphatic rings. The number of halogens is 2. The van der Waals surface area contributed by atoms with Gasteiger partial charge in [0.25, 0.3) is 0 Å². The summed E-state index contributed by atoms with van der Waals surface area (Å²) in [5, 5.41) is 13.5. The first-order valence-electron chi connectivity index (χ1n) is 11.6. The minimum atomic E-state index is -0.385. The monoisotopic (exact) mass is 564 g/mol. The minimum absolute atomic E-state index is 0.0951. The number of hydrogen-bond acceptors (Lipinski definition) is 7. The molecule has 3 aromatic rings. The number of anilines is 1. The van der Waals surface area contributed by atoms with E-state index < -0.39 is 0 Å². The third kappa shape index (κ3) is 5.80. The smallest absolute Gasteiger partial charge is 0.341 e. The van der Waals surface area contributed by atoms with Gasteiger partial charge in [0, 0.05) is 17.0 Å². The predicted molar refractivity (Wildman–Crippen MR) is 146 cm³/mol. The van der Waals surface area contributed by atoms with Crippen LogP contribution in [0, 0.1) is 5.92 Å². The molecule has 2 aromatic heterocycles. The van der Waals surface area contributed by atoms with E-state index in [4.69, 9.17) is 27.9 Å². The molecule has 0 saturated carbocycles. The molecule has 1 amide bonds. The Morgan fingerprint density at radius 2 is 2.14 bits per heavy atom. The molecular formula is C25H26Cl2N4O3S2. The van der Waals surface area contributed by atoms with Crippen molar-refractivity contribution in [2.75, 3.05) is 17.7 Å². The van der Waals surface area contributed by atoms with Gasteiger partial charge in [-0.15, -0.1) is 28.1 Å². The number of amides is 1. The fraction of sp³-hybridized carbons (Fsp3) is 0.360. The Kier molecular flexibility index (Phi) is 8.77. The number of hydrogen-bond donors (Lipinski definition) is 1. The first-order chi connectivity index (χ1) is 17.3. The van der Waals surface area contributed by atoms with Crippen LogP contribution >= 0.6 is 46.3 Å². The number of aromatic nitrogens is 3. The molecule has 1 N–H and O–H groups in total. The number of esters is 1. The molecule has 1 atom stereocenters. The zero-order chi connectivity index (χ0) is 25.8. The van der Waals surface area contributed by atoms with Gasteiger partial charge >= 0.3 is 5.97 Å². The SMILES string of the molecule is C=CCn1c(SCC(=O)Nc2sc3c(c2C(=O)OCC)CCC(C)C3)nnc1-c1ccc(Cl)c(Cl)c1. The lowest BCUT2D eigenvalue weighted by atomic mass is 9.88. The van der Waals surface area contributed by atoms with Gasteiger partial charge in [0.2, 0.25) is 5.91 Å². The van der Waals surface area contributed by atoms with Gasteiger partial charge in [-0.25, -0.2) is 4.79 Å². The van der Waals surface area contributed by atoms with E-state index in [1.807, 2.05) is 10.6 Å². The Labute approximate surface area is 228 Å². The summed E-state index contributed by atoms with van der Waals surface area (Å²) in [7, 11) is 0. The number of nitrogens with one attached hydrogen (secondary N) is 1. The average Bonchev–Trinajstić information content (AvgIpc) is 3.40. The number of rotatable bonds is 9. The molecule has 11 heteroatoms. The maximum Gasteiger partial charge on any atom is 0.341 e. The van der Waals surface area contributed by atoms with E-state index in [1.165, 1.54) is 23.1 Å². The van der Waals surface area contributed by atoms with Crippen molar-refractivity contribution < 1.29 is 14.3 Å². The van der Waals surface area contributed by atoms with Crippen LogP contribution < -0.4 is 5.32 Å². The molecule has 190 valence electrons. The van der Waals surface area contributed by atoms with Crippen molar-refractivity contribution in [3.8, 4) is 11.4 Å². The molecule has 0 saturated heterocycles. The number of carbonyl (C=O) groups is 2. The lowest BCUT2D eigenvalue weighted by Gasteiger charge is -2.18. The first-order valence-corrected chi connectivity index (χ1v) is 14.1. The van der Waals surface area contributed by atoms with Gasteiger partial charge in [0.05, 0.1) is 28.0 Å². The zero-order valence-corrected chi connectivity index (χ0v) is 23.1. The number of thiophene rings is 1. The van der Waals surface area contributed by atoms with E-state index >= 15 is 0 Å². The Balaban J connectivity index is 1.52. The minimum Gasteiger partial charge on any atom is -0.462 e. The maximum atomic E-state index is 12.9. The van der Waals surface area contributed by atoms with Crippen LogP contribution in [0.3, 0.4) is 0 Å². The van der Waals surface area contributed by atoms with Crippen molar-refractivity contribution in [2.45, 2.75) is 44.8 Å². The van der Waals surface area contributed by atoms with E-state index in [0.29, 0.717) is 44.1 Å². The van der Waals surface area contributed by atoms with Crippen LogP contribution in [0.1, 0.15) is 41.1 Å². The standard InChI is InChI=1S/C25H26Cl2N4O3S2/c1-4-10-31-22(15-7-9-17(26)18(27)12-15)29-30-25(31)35-13-20(32)28-23-21(24(33)34-5-2)16-8-6-14(3)11-19(16)36-23/h4,7,9,12,14H,1,5-6,8,10-11,13H2,2-3H3,(H,28,32). The Hall–Kier alpha value is -2.33. The number of benzene rings is 1. The van der Waals surface area contributed by atoms with Crippen LogP contribution in [0.15, 0.2) is 36.0 Å². The summed E-state index contributed by atoms with van der Waals surface area (Å²) < 4.78 is 7.16. The van der Waals surface area contributed by atoms with Crippen molar-refractivity contribution >= 4 is 63.2 Å². The largest absolute Gasteiger partial charge is 0.462 e. The van der Waals surface area contributed by atoms with Crippen LogP contribution in [0.2, 0.25) is 10.0 Å². The fourth-order valence-electron chi connectivity index (χ4n) is 4.09. The molecular weight excluding hydrogens is 539 g/mol. The summed E-state index contributed by atoms with van der Waals surface area (Å²) in [6, 6.07) is 5.25. The lowest BCUT2D eigenvalue weighted by Crippen LogP contribution is -2.18. The summed E-state index contributed by atoms with van der Waals surface area (Å²) in [6.07, 6.45) is 4.46. The van der Waals surface area contributed by atoms with Crippen molar-refractivity contribution in [1.82, 2.24) is 14.8 Å². The summed E-state index contributed by atoms with van der Waals surface area (Å²) in [5.74, 6) is 0.621. The third-order valence-electron chi connectivity index (χ3n) is 5.78. The first kappa shape index (κ1) is 26.7. The number of fused-ring (bicyclic) bond motifs is 1. The highest BCUT2D eigenvalue weighted by atomic mass is 35.5. The number of allylic oxidation sites excluding steroid dienone is 1. The maximum absolute atomic E-state index is 12.9. The lowest BCUT2D eigenvalue weighted by molar-refractivity contribution is -0.113. The van der Waals surface area contributed by atoms with Crippen LogP contribution in [-0.4, -0.2) is 39.0 Å². The Bertz CT molecular complexity index is 1300. The molecule has 1 aromatic carbocycles. The highest BCUT2D eigenvalue weighted by Gasteiger charge is 2.29. The highest BCUT2D eigenvalue weighted by molar-refractivity contribution is 7.99. The van der Waals surface area contributed by atoms with Gasteiger partial charge in [-0.3, -0.25) is 9.36 Å². The van der Waals surface area contributed by atoms with Crippen LogP contribution in [-0.2, 0) is 28.9 Å². The van der Waals surface area contributed by atoms with Gasteiger partial charge in [-0.2, -0.15) is 0 Å². The highest BCUT2D eigenvalue weighted by Crippen LogP contribution is 2.40. The zero-order valence-electron chi connectivity index (χ0n) is 20.0. The van der Waals surface area contributed by atoms with Gasteiger partial charge in [-0.1, -0.05) is 48.0 Å². The Morgan fingerprint density at radius 1 is 1.33 bits per heavy atom. The fourth-order valence-corrected chi connectivity index (χ4v) is 6.55. The number of thioether (sulfide) groups is 1. The second kappa shape index (κ2) is 11.8. The molecule has 2 heterocycles. The third-order valence-corrected chi connectivity index (χ3v) is 8.66. The Morgan fingerprint density at radius 3 is 2.86 bits per heavy atom. The molecule has 36 heavy (non-hydrogen) atoms. The summed E-state index contributed by atoms with van der Waals surface area (Å²) in [4.78, 5) is 26.8. The molecule has 0 aliphatic heterocycles. The van der Waals surface area contributed by atoms with Crippen molar-refractivity contribution in [3.05, 3.63) is 56.9 Å². The van der Waals surface area contributed by atoms with Crippen molar-refractivity contribution in [1.29, 1.82) is 0 Å². The van der Waals surface area contributed by atoms with Crippen LogP contribution in [0.5, 0.6) is 0 Å². The summed E-state index contributed by atoms with van der Waals surface area (Å²) in [5.41, 5.74) is 2.27. The molecule has 0 bridgehead atoms. The van der Waals surface area contributed by atoms with Crippen LogP contribution in [0.4, 0.5) is 5.00 Å². The number of carbonyl (C=O) groups excluding carboxylic acids is 2. The van der Waals surface area contributed by atoms with Gasteiger partial charge < -0.3 is 10.1 Å². The van der Waals surface area contributed by atoms with E-state index in [0.717, 1.165) is 35.3 Å². The predicted octanol–water partition coefficient (Wildman–Crippen LogP) is 6.53. The van der Waals surface area contributed by atoms with E-state index in [-0.39, 0.29) is 24.2 Å². The van der Waals surface area contributed by atoms with E-state index in [2.05, 4.69) is 29.0 Å². The van der Waals surface area contributed by atoms with Crippen LogP contribution in [0.25, 0.3) is 11.4 Å². The molecule has 0 fully saturated rings. The van der Waals surface area contributed by atoms with Gasteiger partial charge in [0.15, 0.2) is 11.0 Å². The molecule has 7 nitrogen and oxygen atoms in total. The second-order valence-corrected chi connectivity index (χ2v) is 11.3. The summed E-state index contributed by atoms with van der Waals surface area (Å²) >= 11 is 15.0. The number of nitrogens with zero attached hydrogens (tertiary/aromatic N) is 3. The molecule has 0 spiro atoms. The molecule has 1 unspecified atom stereocenters.